The lowest BCUT2D eigenvalue weighted by Crippen LogP contribution is -2.16. The molecular weight excluding hydrogens is 354 g/mol. The normalized spacial score (nSPS) is 12.3. The minimum atomic E-state index is -0.961. The van der Waals surface area contributed by atoms with Crippen LogP contribution in [-0.2, 0) is 4.79 Å². The van der Waals surface area contributed by atoms with Crippen molar-refractivity contribution >= 4 is 34.4 Å². The summed E-state index contributed by atoms with van der Waals surface area (Å²) in [7, 11) is 0. The van der Waals surface area contributed by atoms with E-state index in [1.807, 2.05) is 0 Å². The molecule has 2 N–H and O–H groups in total. The standard InChI is InChI=1S/C20H18ClNO4/c1-3-15(20(25)26)18-11(2)22(17-9-8-14(23)10-16(17)18)19(24)12-4-6-13(21)7-5-12/h4-10,15,23H,3H2,1-2H3,(H,25,26). The molecule has 0 saturated heterocycles. The third kappa shape index (κ3) is 2.95. The Morgan fingerprint density at radius 1 is 1.15 bits per heavy atom. The largest absolute Gasteiger partial charge is 0.508 e. The number of phenols is 1. The van der Waals surface area contributed by atoms with Gasteiger partial charge in [-0.25, -0.2) is 0 Å². The van der Waals surface area contributed by atoms with Crippen molar-refractivity contribution in [3.8, 4) is 5.75 Å². The molecule has 3 rings (SSSR count). The average Bonchev–Trinajstić information content (AvgIpc) is 2.87. The number of aromatic hydroxyl groups is 1. The van der Waals surface area contributed by atoms with Gasteiger partial charge < -0.3 is 10.2 Å². The highest BCUT2D eigenvalue weighted by Gasteiger charge is 2.28. The van der Waals surface area contributed by atoms with Crippen LogP contribution in [0.1, 0.15) is 40.9 Å². The number of rotatable bonds is 4. The number of aromatic nitrogens is 1. The Morgan fingerprint density at radius 2 is 1.81 bits per heavy atom. The van der Waals surface area contributed by atoms with Crippen LogP contribution < -0.4 is 0 Å². The first kappa shape index (κ1) is 18.0. The predicted octanol–water partition coefficient (Wildman–Crippen LogP) is 4.58. The molecule has 0 saturated carbocycles. The van der Waals surface area contributed by atoms with E-state index in [4.69, 9.17) is 11.6 Å². The summed E-state index contributed by atoms with van der Waals surface area (Å²) in [5, 5.41) is 20.6. The zero-order valence-electron chi connectivity index (χ0n) is 14.4. The van der Waals surface area contributed by atoms with Gasteiger partial charge >= 0.3 is 5.97 Å². The molecule has 1 heterocycles. The van der Waals surface area contributed by atoms with Crippen molar-refractivity contribution in [1.29, 1.82) is 0 Å². The number of nitrogens with zero attached hydrogens (tertiary/aromatic N) is 1. The number of hydrogen-bond acceptors (Lipinski definition) is 3. The summed E-state index contributed by atoms with van der Waals surface area (Å²) in [4.78, 5) is 24.8. The van der Waals surface area contributed by atoms with Crippen molar-refractivity contribution in [2.45, 2.75) is 26.2 Å². The lowest BCUT2D eigenvalue weighted by atomic mass is 9.94. The number of phenolic OH excluding ortho intramolecular Hbond substituents is 1. The summed E-state index contributed by atoms with van der Waals surface area (Å²) in [6.07, 6.45) is 0.375. The number of hydrogen-bond donors (Lipinski definition) is 2. The molecule has 0 radical (unpaired) electrons. The minimum Gasteiger partial charge on any atom is -0.508 e. The fourth-order valence-electron chi connectivity index (χ4n) is 3.36. The molecular formula is C20H18ClNO4. The van der Waals surface area contributed by atoms with Gasteiger partial charge in [0.2, 0.25) is 0 Å². The van der Waals surface area contributed by atoms with Crippen molar-refractivity contribution < 1.29 is 19.8 Å². The van der Waals surface area contributed by atoms with Gasteiger partial charge in [0.1, 0.15) is 5.75 Å². The van der Waals surface area contributed by atoms with Gasteiger partial charge in [-0.3, -0.25) is 14.2 Å². The molecule has 0 aliphatic heterocycles. The van der Waals surface area contributed by atoms with Gasteiger partial charge in [-0.05, 0) is 61.4 Å². The fraction of sp³-hybridized carbons (Fsp3) is 0.200. The zero-order valence-corrected chi connectivity index (χ0v) is 15.1. The number of carboxylic acids is 1. The van der Waals surface area contributed by atoms with Gasteiger partial charge in [-0.2, -0.15) is 0 Å². The summed E-state index contributed by atoms with van der Waals surface area (Å²) in [6.45, 7) is 3.51. The summed E-state index contributed by atoms with van der Waals surface area (Å²) >= 11 is 5.89. The number of carbonyl (C=O) groups excluding carboxylic acids is 1. The molecule has 0 fully saturated rings. The molecule has 2 aromatic carbocycles. The smallest absolute Gasteiger partial charge is 0.311 e. The molecule has 1 unspecified atom stereocenters. The number of benzene rings is 2. The van der Waals surface area contributed by atoms with Gasteiger partial charge in [0.25, 0.3) is 5.91 Å². The van der Waals surface area contributed by atoms with Crippen LogP contribution in [0.5, 0.6) is 5.75 Å². The molecule has 0 aliphatic carbocycles. The monoisotopic (exact) mass is 371 g/mol. The van der Waals surface area contributed by atoms with Crippen molar-refractivity contribution in [2.24, 2.45) is 0 Å². The van der Waals surface area contributed by atoms with Crippen molar-refractivity contribution in [3.05, 3.63) is 64.3 Å². The molecule has 0 amide bonds. The molecule has 1 atom stereocenters. The molecule has 26 heavy (non-hydrogen) atoms. The van der Waals surface area contributed by atoms with Gasteiger partial charge in [0, 0.05) is 21.7 Å². The van der Waals surface area contributed by atoms with E-state index in [1.165, 1.54) is 16.7 Å². The maximum atomic E-state index is 13.1. The summed E-state index contributed by atoms with van der Waals surface area (Å²) in [5.41, 5.74) is 2.11. The van der Waals surface area contributed by atoms with Crippen molar-refractivity contribution in [3.63, 3.8) is 0 Å². The molecule has 134 valence electrons. The fourth-order valence-corrected chi connectivity index (χ4v) is 3.48. The summed E-state index contributed by atoms with van der Waals surface area (Å²) in [6, 6.07) is 11.1. The van der Waals surface area contributed by atoms with Gasteiger partial charge in [-0.1, -0.05) is 18.5 Å². The molecule has 3 aromatic rings. The first-order chi connectivity index (χ1) is 12.3. The van der Waals surface area contributed by atoms with Crippen LogP contribution >= 0.6 is 11.6 Å². The summed E-state index contributed by atoms with van der Waals surface area (Å²) in [5.74, 6) is -1.98. The number of carbonyl (C=O) groups is 2. The first-order valence-electron chi connectivity index (χ1n) is 8.22. The minimum absolute atomic E-state index is 0.0232. The van der Waals surface area contributed by atoms with Crippen LogP contribution in [0.4, 0.5) is 0 Å². The van der Waals surface area contributed by atoms with E-state index in [9.17, 15) is 19.8 Å². The van der Waals surface area contributed by atoms with Crippen molar-refractivity contribution in [2.75, 3.05) is 0 Å². The van der Waals surface area contributed by atoms with Crippen LogP contribution in [0, 0.1) is 6.92 Å². The second kappa shape index (κ2) is 6.84. The second-order valence-corrected chi connectivity index (χ2v) is 6.58. The Kier molecular flexibility index (Phi) is 4.74. The third-order valence-electron chi connectivity index (χ3n) is 4.59. The maximum absolute atomic E-state index is 13.1. The number of aliphatic carboxylic acids is 1. The number of carboxylic acid groups (broad SMARTS) is 1. The molecule has 0 aliphatic rings. The highest BCUT2D eigenvalue weighted by molar-refractivity contribution is 6.30. The topological polar surface area (TPSA) is 79.5 Å². The van der Waals surface area contributed by atoms with E-state index in [0.717, 1.165) is 0 Å². The van der Waals surface area contributed by atoms with Gasteiger partial charge in [-0.15, -0.1) is 0 Å². The van der Waals surface area contributed by atoms with E-state index in [2.05, 4.69) is 0 Å². The first-order valence-corrected chi connectivity index (χ1v) is 8.60. The van der Waals surface area contributed by atoms with Crippen LogP contribution in [0.2, 0.25) is 5.02 Å². The Balaban J connectivity index is 2.29. The van der Waals surface area contributed by atoms with Crippen molar-refractivity contribution in [1.82, 2.24) is 4.57 Å². The highest BCUT2D eigenvalue weighted by atomic mass is 35.5. The average molecular weight is 372 g/mol. The lowest BCUT2D eigenvalue weighted by molar-refractivity contribution is -0.138. The Morgan fingerprint density at radius 3 is 2.38 bits per heavy atom. The SMILES string of the molecule is CCC(C(=O)O)c1c(C)n(C(=O)c2ccc(Cl)cc2)c2ccc(O)cc12. The van der Waals surface area contributed by atoms with E-state index in [-0.39, 0.29) is 11.7 Å². The number of halogens is 1. The van der Waals surface area contributed by atoms with E-state index in [0.29, 0.717) is 39.2 Å². The summed E-state index contributed by atoms with van der Waals surface area (Å²) < 4.78 is 1.50. The zero-order chi connectivity index (χ0) is 19.0. The lowest BCUT2D eigenvalue weighted by Gasteiger charge is -2.12. The van der Waals surface area contributed by atoms with Crippen LogP contribution in [0.25, 0.3) is 10.9 Å². The molecule has 1 aromatic heterocycles. The molecule has 5 nitrogen and oxygen atoms in total. The molecule has 0 bridgehead atoms. The van der Waals surface area contributed by atoms with Crippen LogP contribution in [0.15, 0.2) is 42.5 Å². The number of fused-ring (bicyclic) bond motifs is 1. The molecule has 0 spiro atoms. The molecule has 6 heteroatoms. The Labute approximate surface area is 155 Å². The van der Waals surface area contributed by atoms with Gasteiger partial charge in [0.05, 0.1) is 11.4 Å². The van der Waals surface area contributed by atoms with E-state index < -0.39 is 11.9 Å². The predicted molar refractivity (Wildman–Crippen MR) is 100 cm³/mol. The van der Waals surface area contributed by atoms with Gasteiger partial charge in [0.15, 0.2) is 0 Å². The third-order valence-corrected chi connectivity index (χ3v) is 4.84. The van der Waals surface area contributed by atoms with Crippen LogP contribution in [0.3, 0.4) is 0 Å². The highest BCUT2D eigenvalue weighted by Crippen LogP contribution is 2.36. The van der Waals surface area contributed by atoms with Crippen LogP contribution in [-0.4, -0.2) is 26.7 Å². The van der Waals surface area contributed by atoms with E-state index >= 15 is 0 Å². The quantitative estimate of drug-likeness (QED) is 0.703. The second-order valence-electron chi connectivity index (χ2n) is 6.15. The Bertz CT molecular complexity index is 1000. The van der Waals surface area contributed by atoms with E-state index in [1.54, 1.807) is 44.2 Å². The Hall–Kier alpha value is -2.79. The maximum Gasteiger partial charge on any atom is 0.311 e.